The molecule has 0 aliphatic heterocycles. The van der Waals surface area contributed by atoms with Crippen LogP contribution < -0.4 is 10.1 Å². The van der Waals surface area contributed by atoms with Crippen LogP contribution in [0.4, 0.5) is 5.69 Å². The molecule has 0 saturated heterocycles. The fourth-order valence-electron chi connectivity index (χ4n) is 1.59. The normalized spacial score (nSPS) is 10.5. The number of nitrogens with one attached hydrogen (secondary N) is 1. The summed E-state index contributed by atoms with van der Waals surface area (Å²) in [5, 5.41) is 3.13. The van der Waals surface area contributed by atoms with Crippen molar-refractivity contribution >= 4 is 17.3 Å². The van der Waals surface area contributed by atoms with Crippen molar-refractivity contribution in [1.29, 1.82) is 0 Å². The van der Waals surface area contributed by atoms with Crippen LogP contribution in [0, 0.1) is 6.92 Å². The summed E-state index contributed by atoms with van der Waals surface area (Å²) < 4.78 is 5.36. The van der Waals surface area contributed by atoms with E-state index in [4.69, 9.17) is 16.3 Å². The van der Waals surface area contributed by atoms with Gasteiger partial charge in [-0.05, 0) is 36.1 Å². The van der Waals surface area contributed by atoms with Crippen LogP contribution in [-0.4, -0.2) is 13.1 Å². The standard InChI is InChI=1S/C12H18ClNO/c1-8(2)10-6-11(14-7-13)9(3)5-12(10)15-4/h5-6,8,14H,7H2,1-4H3. The summed E-state index contributed by atoms with van der Waals surface area (Å²) in [5.74, 6) is 1.39. The Kier molecular flexibility index (Phi) is 4.28. The van der Waals surface area contributed by atoms with Crippen molar-refractivity contribution in [3.05, 3.63) is 23.3 Å². The molecular formula is C12H18ClNO. The molecule has 0 fully saturated rings. The van der Waals surface area contributed by atoms with E-state index in [0.29, 0.717) is 11.9 Å². The SMILES string of the molecule is COc1cc(C)c(NCCl)cc1C(C)C. The zero-order chi connectivity index (χ0) is 11.4. The lowest BCUT2D eigenvalue weighted by Crippen LogP contribution is -2.01. The maximum Gasteiger partial charge on any atom is 0.122 e. The molecule has 1 aromatic rings. The maximum atomic E-state index is 5.67. The van der Waals surface area contributed by atoms with E-state index in [2.05, 4.69) is 25.2 Å². The molecule has 2 nitrogen and oxygen atoms in total. The molecule has 0 aliphatic carbocycles. The minimum atomic E-state index is 0.421. The molecule has 1 aromatic carbocycles. The number of anilines is 1. The van der Waals surface area contributed by atoms with Gasteiger partial charge in [0.2, 0.25) is 0 Å². The largest absolute Gasteiger partial charge is 0.496 e. The molecule has 0 heterocycles. The van der Waals surface area contributed by atoms with Gasteiger partial charge in [-0.1, -0.05) is 13.8 Å². The molecule has 0 radical (unpaired) electrons. The number of alkyl halides is 1. The second-order valence-electron chi connectivity index (χ2n) is 3.87. The predicted octanol–water partition coefficient (Wildman–Crippen LogP) is 3.74. The van der Waals surface area contributed by atoms with Crippen molar-refractivity contribution in [3.8, 4) is 5.75 Å². The van der Waals surface area contributed by atoms with Crippen molar-refractivity contribution in [3.63, 3.8) is 0 Å². The quantitative estimate of drug-likeness (QED) is 0.625. The van der Waals surface area contributed by atoms with Crippen LogP contribution in [-0.2, 0) is 0 Å². The third kappa shape index (κ3) is 2.78. The first-order valence-electron chi connectivity index (χ1n) is 5.08. The fourth-order valence-corrected chi connectivity index (χ4v) is 1.73. The van der Waals surface area contributed by atoms with E-state index in [1.165, 1.54) is 5.56 Å². The van der Waals surface area contributed by atoms with Gasteiger partial charge in [0.1, 0.15) is 5.75 Å². The summed E-state index contributed by atoms with van der Waals surface area (Å²) in [6.07, 6.45) is 0. The van der Waals surface area contributed by atoms with E-state index < -0.39 is 0 Å². The number of halogens is 1. The molecule has 0 unspecified atom stereocenters. The number of rotatable bonds is 4. The first-order valence-corrected chi connectivity index (χ1v) is 5.62. The summed E-state index contributed by atoms with van der Waals surface area (Å²) >= 11 is 5.67. The Hall–Kier alpha value is -0.890. The molecule has 0 aromatic heterocycles. The second-order valence-corrected chi connectivity index (χ2v) is 4.14. The third-order valence-electron chi connectivity index (χ3n) is 2.46. The molecule has 0 bridgehead atoms. The van der Waals surface area contributed by atoms with Gasteiger partial charge in [-0.3, -0.25) is 0 Å². The van der Waals surface area contributed by atoms with Crippen LogP contribution >= 0.6 is 11.6 Å². The van der Waals surface area contributed by atoms with E-state index >= 15 is 0 Å². The summed E-state index contributed by atoms with van der Waals surface area (Å²) in [4.78, 5) is 0. The molecule has 0 spiro atoms. The van der Waals surface area contributed by atoms with Crippen LogP contribution in [0.2, 0.25) is 0 Å². The third-order valence-corrected chi connectivity index (χ3v) is 2.59. The molecule has 1 rings (SSSR count). The Morgan fingerprint density at radius 1 is 1.40 bits per heavy atom. The molecular weight excluding hydrogens is 210 g/mol. The summed E-state index contributed by atoms with van der Waals surface area (Å²) in [6.45, 7) is 6.34. The van der Waals surface area contributed by atoms with E-state index in [0.717, 1.165) is 17.0 Å². The first-order chi connectivity index (χ1) is 7.10. The summed E-state index contributed by atoms with van der Waals surface area (Å²) in [7, 11) is 1.70. The molecule has 0 saturated carbocycles. The Bertz CT molecular complexity index is 337. The number of benzene rings is 1. The van der Waals surface area contributed by atoms with Gasteiger partial charge in [0.25, 0.3) is 0 Å². The Balaban J connectivity index is 3.17. The van der Waals surface area contributed by atoms with Gasteiger partial charge >= 0.3 is 0 Å². The van der Waals surface area contributed by atoms with Crippen LogP contribution in [0.15, 0.2) is 12.1 Å². The Labute approximate surface area is 96.6 Å². The first kappa shape index (κ1) is 12.2. The smallest absolute Gasteiger partial charge is 0.122 e. The van der Waals surface area contributed by atoms with Crippen molar-refractivity contribution in [2.75, 3.05) is 18.4 Å². The molecule has 0 aliphatic rings. The number of hydrogen-bond donors (Lipinski definition) is 1. The van der Waals surface area contributed by atoms with Gasteiger partial charge in [0, 0.05) is 5.69 Å². The number of hydrogen-bond acceptors (Lipinski definition) is 2. The van der Waals surface area contributed by atoms with Crippen LogP contribution in [0.3, 0.4) is 0 Å². The highest BCUT2D eigenvalue weighted by Gasteiger charge is 2.10. The molecule has 15 heavy (non-hydrogen) atoms. The van der Waals surface area contributed by atoms with Crippen molar-refractivity contribution in [2.45, 2.75) is 26.7 Å². The van der Waals surface area contributed by atoms with E-state index in [1.54, 1.807) is 7.11 Å². The summed E-state index contributed by atoms with van der Waals surface area (Å²) in [6, 6.07) is 4.58. The highest BCUT2D eigenvalue weighted by Crippen LogP contribution is 2.31. The minimum Gasteiger partial charge on any atom is -0.496 e. The van der Waals surface area contributed by atoms with Crippen LogP contribution in [0.25, 0.3) is 0 Å². The van der Waals surface area contributed by atoms with Crippen molar-refractivity contribution in [2.24, 2.45) is 0 Å². The lowest BCUT2D eigenvalue weighted by Gasteiger charge is -2.16. The number of methoxy groups -OCH3 is 1. The summed E-state index contributed by atoms with van der Waals surface area (Å²) in [5.41, 5.74) is 3.43. The Morgan fingerprint density at radius 2 is 2.07 bits per heavy atom. The molecule has 1 N–H and O–H groups in total. The lowest BCUT2D eigenvalue weighted by molar-refractivity contribution is 0.407. The number of ether oxygens (including phenoxy) is 1. The van der Waals surface area contributed by atoms with Gasteiger partial charge in [0.05, 0.1) is 13.1 Å². The zero-order valence-corrected chi connectivity index (χ0v) is 10.5. The minimum absolute atomic E-state index is 0.421. The van der Waals surface area contributed by atoms with Gasteiger partial charge in [0.15, 0.2) is 0 Å². The Morgan fingerprint density at radius 3 is 2.53 bits per heavy atom. The van der Waals surface area contributed by atoms with Gasteiger partial charge in [-0.15, -0.1) is 11.6 Å². The fraction of sp³-hybridized carbons (Fsp3) is 0.500. The van der Waals surface area contributed by atoms with Crippen molar-refractivity contribution < 1.29 is 4.74 Å². The number of aryl methyl sites for hydroxylation is 1. The van der Waals surface area contributed by atoms with E-state index in [1.807, 2.05) is 13.0 Å². The predicted molar refractivity (Wildman–Crippen MR) is 66.2 cm³/mol. The maximum absolute atomic E-state index is 5.67. The van der Waals surface area contributed by atoms with Gasteiger partial charge < -0.3 is 10.1 Å². The topological polar surface area (TPSA) is 21.3 Å². The molecule has 84 valence electrons. The molecule has 0 amide bonds. The van der Waals surface area contributed by atoms with Gasteiger partial charge in [-0.25, -0.2) is 0 Å². The highest BCUT2D eigenvalue weighted by atomic mass is 35.5. The molecule has 3 heteroatoms. The lowest BCUT2D eigenvalue weighted by atomic mass is 9.99. The van der Waals surface area contributed by atoms with Crippen LogP contribution in [0.5, 0.6) is 5.75 Å². The average Bonchev–Trinajstić information content (AvgIpc) is 2.20. The van der Waals surface area contributed by atoms with E-state index in [9.17, 15) is 0 Å². The average molecular weight is 228 g/mol. The second kappa shape index (κ2) is 5.26. The zero-order valence-electron chi connectivity index (χ0n) is 9.73. The highest BCUT2D eigenvalue weighted by molar-refractivity contribution is 6.18. The van der Waals surface area contributed by atoms with Crippen molar-refractivity contribution in [1.82, 2.24) is 0 Å². The van der Waals surface area contributed by atoms with E-state index in [-0.39, 0.29) is 0 Å². The van der Waals surface area contributed by atoms with Gasteiger partial charge in [-0.2, -0.15) is 0 Å². The van der Waals surface area contributed by atoms with Crippen LogP contribution in [0.1, 0.15) is 30.9 Å². The monoisotopic (exact) mass is 227 g/mol. The molecule has 0 atom stereocenters.